The molecule has 17 heteroatoms. The van der Waals surface area contributed by atoms with Gasteiger partial charge in [-0.1, -0.05) is 71.2 Å². The van der Waals surface area contributed by atoms with E-state index in [9.17, 15) is 14.9 Å². The molecular formula is C52H66ClN9O7. The minimum absolute atomic E-state index is 0.0893. The number of benzene rings is 2. The van der Waals surface area contributed by atoms with Crippen LogP contribution >= 0.6 is 11.6 Å². The highest BCUT2D eigenvalue weighted by atomic mass is 35.5. The highest BCUT2D eigenvalue weighted by molar-refractivity contribution is 6.31. The fraction of sp³-hybridized carbons (Fsp3) is 0.538. The molecule has 16 nitrogen and oxygen atoms in total. The number of amides is 2. The van der Waals surface area contributed by atoms with Crippen molar-refractivity contribution in [1.29, 1.82) is 5.26 Å². The molecule has 4 aliphatic rings. The number of piperidine rings is 1. The van der Waals surface area contributed by atoms with E-state index in [0.717, 1.165) is 81.0 Å². The SMILES string of the molecule is CC[C@@H]1C(=O)N(C)c2cnc(Nc3ccccc3OCCOCCOCCOC3CCN(c4ccc(C(=O)NC5C(C)(C)C(Oc6ccc(C#N)c(Cl)c6)C5(C)C)cn4)CC3)nc2N1C1CCCC1. The van der Waals surface area contributed by atoms with Gasteiger partial charge in [0, 0.05) is 55.3 Å². The number of likely N-dealkylation sites (N-methyl/N-ethyl adjacent to an activating group) is 1. The van der Waals surface area contributed by atoms with Crippen LogP contribution in [0.4, 0.5) is 29.0 Å². The zero-order chi connectivity index (χ0) is 48.7. The van der Waals surface area contributed by atoms with Gasteiger partial charge in [-0.2, -0.15) is 10.2 Å². The Hall–Kier alpha value is -5.73. The maximum absolute atomic E-state index is 13.4. The Morgan fingerprint density at radius 2 is 1.61 bits per heavy atom. The number of nitriles is 1. The van der Waals surface area contributed by atoms with Crippen LogP contribution in [0.1, 0.15) is 95.5 Å². The monoisotopic (exact) mass is 963 g/mol. The molecule has 4 heterocycles. The lowest BCUT2D eigenvalue weighted by molar-refractivity contribution is -0.164. The van der Waals surface area contributed by atoms with Gasteiger partial charge in [-0.05, 0) is 68.5 Å². The van der Waals surface area contributed by atoms with Crippen molar-refractivity contribution in [3.05, 3.63) is 83.1 Å². The summed E-state index contributed by atoms with van der Waals surface area (Å²) in [4.78, 5) is 47.1. The van der Waals surface area contributed by atoms with Gasteiger partial charge in [-0.3, -0.25) is 9.59 Å². The Morgan fingerprint density at radius 3 is 2.29 bits per heavy atom. The number of carbonyl (C=O) groups is 2. The van der Waals surface area contributed by atoms with E-state index in [4.69, 9.17) is 40.3 Å². The molecule has 368 valence electrons. The van der Waals surface area contributed by atoms with Crippen LogP contribution in [0.25, 0.3) is 0 Å². The van der Waals surface area contributed by atoms with E-state index in [1.807, 2.05) is 36.4 Å². The molecule has 2 N–H and O–H groups in total. The van der Waals surface area contributed by atoms with Crippen LogP contribution in [0.15, 0.2) is 67.0 Å². The Labute approximate surface area is 411 Å². The molecule has 2 aromatic heterocycles. The summed E-state index contributed by atoms with van der Waals surface area (Å²) in [7, 11) is 1.81. The molecule has 2 saturated carbocycles. The Bertz CT molecular complexity index is 2440. The number of aromatic nitrogens is 3. The van der Waals surface area contributed by atoms with E-state index in [0.29, 0.717) is 79.3 Å². The first-order valence-corrected chi connectivity index (χ1v) is 24.7. The third-order valence-electron chi connectivity index (χ3n) is 14.2. The molecule has 3 fully saturated rings. The fourth-order valence-corrected chi connectivity index (χ4v) is 11.0. The maximum Gasteiger partial charge on any atom is 0.253 e. The van der Waals surface area contributed by atoms with Crippen molar-refractivity contribution in [2.24, 2.45) is 10.8 Å². The average Bonchev–Trinajstić information content (AvgIpc) is 3.89. The van der Waals surface area contributed by atoms with Gasteiger partial charge in [0.1, 0.15) is 47.8 Å². The van der Waals surface area contributed by atoms with Crippen molar-refractivity contribution in [2.45, 2.75) is 110 Å². The summed E-state index contributed by atoms with van der Waals surface area (Å²) in [6.07, 6.45) is 10.2. The van der Waals surface area contributed by atoms with E-state index in [1.54, 1.807) is 42.5 Å². The van der Waals surface area contributed by atoms with Crippen LogP contribution < -0.4 is 34.8 Å². The fourth-order valence-electron chi connectivity index (χ4n) is 10.8. The molecular weight excluding hydrogens is 898 g/mol. The highest BCUT2D eigenvalue weighted by Gasteiger charge is 2.64. The summed E-state index contributed by atoms with van der Waals surface area (Å²) in [5, 5.41) is 16.2. The number of carbonyl (C=O) groups excluding carboxylic acids is 2. The van der Waals surface area contributed by atoms with E-state index in [2.05, 4.69) is 71.1 Å². The Morgan fingerprint density at radius 1 is 0.899 bits per heavy atom. The number of nitrogens with one attached hydrogen (secondary N) is 2. The number of hydrogen-bond acceptors (Lipinski definition) is 14. The second kappa shape index (κ2) is 21.9. The first kappa shape index (κ1) is 49.7. The predicted molar refractivity (Wildman–Crippen MR) is 266 cm³/mol. The largest absolute Gasteiger partial charge is 0.489 e. The second-order valence-corrected chi connectivity index (χ2v) is 19.9. The first-order chi connectivity index (χ1) is 33.3. The van der Waals surface area contributed by atoms with Gasteiger partial charge in [0.05, 0.1) is 67.2 Å². The number of para-hydroxylation sites is 2. The van der Waals surface area contributed by atoms with Gasteiger partial charge >= 0.3 is 0 Å². The average molecular weight is 965 g/mol. The van der Waals surface area contributed by atoms with Crippen molar-refractivity contribution in [1.82, 2.24) is 20.3 Å². The first-order valence-electron chi connectivity index (χ1n) is 24.4. The molecule has 2 aromatic carbocycles. The molecule has 0 radical (unpaired) electrons. The predicted octanol–water partition coefficient (Wildman–Crippen LogP) is 8.35. The number of fused-ring (bicyclic) bond motifs is 1. The lowest BCUT2D eigenvalue weighted by Crippen LogP contribution is -2.74. The van der Waals surface area contributed by atoms with Crippen LogP contribution in [0.3, 0.4) is 0 Å². The smallest absolute Gasteiger partial charge is 0.253 e. The number of ether oxygens (including phenoxy) is 5. The highest BCUT2D eigenvalue weighted by Crippen LogP contribution is 2.55. The van der Waals surface area contributed by atoms with Crippen LogP contribution in [0.2, 0.25) is 5.02 Å². The standard InChI is InChI=1S/C52H66ClN9O7/c1-7-41-47(64)60(6)42-33-56-50(58-45(42)62(41)36-12-8-9-13-36)57-40-14-10-11-15-43(40)68-29-27-66-25-24-65-26-28-67-37-20-22-61(23-21-37)44-19-17-35(32-55-44)46(63)59-48-51(2,3)49(52(48,4)5)69-38-18-16-34(31-54)39(53)30-38/h10-11,14-19,30,32-33,36-37,41,48-49H,7-9,12-13,20-29H2,1-6H3,(H,59,63)(H,56,57,58)/t41-,48?,49?/m1/s1. The number of halogens is 1. The molecule has 69 heavy (non-hydrogen) atoms. The Balaban J connectivity index is 0.697. The lowest BCUT2D eigenvalue weighted by atomic mass is 9.49. The van der Waals surface area contributed by atoms with Crippen molar-refractivity contribution in [3.63, 3.8) is 0 Å². The summed E-state index contributed by atoms with van der Waals surface area (Å²) in [6.45, 7) is 14.6. The molecule has 0 unspecified atom stereocenters. The molecule has 2 aliphatic carbocycles. The van der Waals surface area contributed by atoms with Crippen LogP contribution in [0, 0.1) is 22.2 Å². The molecule has 4 aromatic rings. The van der Waals surface area contributed by atoms with Gasteiger partial charge < -0.3 is 49.0 Å². The van der Waals surface area contributed by atoms with Crippen molar-refractivity contribution in [3.8, 4) is 17.6 Å². The molecule has 2 amide bonds. The quantitative estimate of drug-likeness (QED) is 0.0808. The Kier molecular flexibility index (Phi) is 15.8. The third-order valence-corrected chi connectivity index (χ3v) is 14.5. The minimum atomic E-state index is -0.368. The number of pyridine rings is 1. The van der Waals surface area contributed by atoms with E-state index in [1.165, 1.54) is 0 Å². The topological polar surface area (TPSA) is 177 Å². The molecule has 8 rings (SSSR count). The van der Waals surface area contributed by atoms with Crippen LogP contribution in [0.5, 0.6) is 11.5 Å². The summed E-state index contributed by atoms with van der Waals surface area (Å²) < 4.78 is 30.2. The zero-order valence-electron chi connectivity index (χ0n) is 40.7. The summed E-state index contributed by atoms with van der Waals surface area (Å²) in [6, 6.07) is 18.5. The van der Waals surface area contributed by atoms with Crippen LogP contribution in [-0.2, 0) is 19.0 Å². The lowest BCUT2D eigenvalue weighted by Gasteiger charge is -2.63. The van der Waals surface area contributed by atoms with Crippen molar-refractivity contribution in [2.75, 3.05) is 79.8 Å². The number of nitrogens with zero attached hydrogens (tertiary/aromatic N) is 7. The summed E-state index contributed by atoms with van der Waals surface area (Å²) in [5.74, 6) is 3.25. The van der Waals surface area contributed by atoms with Gasteiger partial charge in [0.15, 0.2) is 5.82 Å². The molecule has 1 saturated heterocycles. The molecule has 2 aliphatic heterocycles. The van der Waals surface area contributed by atoms with Crippen molar-refractivity contribution < 1.29 is 33.3 Å². The minimum Gasteiger partial charge on any atom is -0.489 e. The van der Waals surface area contributed by atoms with E-state index in [-0.39, 0.29) is 46.9 Å². The third kappa shape index (κ3) is 11.0. The van der Waals surface area contributed by atoms with Gasteiger partial charge in [0.2, 0.25) is 11.9 Å². The number of anilines is 5. The molecule has 1 atom stereocenters. The second-order valence-electron chi connectivity index (χ2n) is 19.5. The van der Waals surface area contributed by atoms with Gasteiger partial charge in [-0.15, -0.1) is 0 Å². The van der Waals surface area contributed by atoms with Crippen LogP contribution in [-0.4, -0.2) is 117 Å². The summed E-state index contributed by atoms with van der Waals surface area (Å²) in [5.41, 5.74) is 1.64. The number of hydrogen-bond donors (Lipinski definition) is 2. The number of rotatable bonds is 20. The zero-order valence-corrected chi connectivity index (χ0v) is 41.5. The maximum atomic E-state index is 13.4. The van der Waals surface area contributed by atoms with E-state index >= 15 is 0 Å². The summed E-state index contributed by atoms with van der Waals surface area (Å²) >= 11 is 6.25. The molecule has 0 spiro atoms. The van der Waals surface area contributed by atoms with Crippen molar-refractivity contribution >= 4 is 52.4 Å². The normalized spacial score (nSPS) is 21.0. The van der Waals surface area contributed by atoms with Gasteiger partial charge in [-0.25, -0.2) is 9.97 Å². The molecule has 0 bridgehead atoms. The van der Waals surface area contributed by atoms with E-state index < -0.39 is 0 Å². The van der Waals surface area contributed by atoms with Gasteiger partial charge in [0.25, 0.3) is 5.91 Å².